The van der Waals surface area contributed by atoms with E-state index >= 15 is 0 Å². The zero-order valence-electron chi connectivity index (χ0n) is 6.00. The Morgan fingerprint density at radius 2 is 1.80 bits per heavy atom. The van der Waals surface area contributed by atoms with Gasteiger partial charge in [-0.1, -0.05) is 13.3 Å². The fourth-order valence-electron chi connectivity index (χ4n) is 0.158. The van der Waals surface area contributed by atoms with Gasteiger partial charge in [-0.3, -0.25) is 0 Å². The quantitative estimate of drug-likeness (QED) is 0.488. The van der Waals surface area contributed by atoms with Gasteiger partial charge in [0, 0.05) is 6.61 Å². The maximum atomic E-state index is 8.33. The summed E-state index contributed by atoms with van der Waals surface area (Å²) in [6.45, 7) is 2.40. The molecule has 0 aliphatic rings. The van der Waals surface area contributed by atoms with Crippen LogP contribution in [0.5, 0.6) is 0 Å². The van der Waals surface area contributed by atoms with Crippen LogP contribution in [0.3, 0.4) is 0 Å². The molecule has 0 amide bonds. The SMILES string of the molecule is CCCCO.O=C([O-])[O-].[Ca+2]. The van der Waals surface area contributed by atoms with Crippen LogP contribution in [0.1, 0.15) is 19.8 Å². The molecule has 0 fully saturated rings. The standard InChI is InChI=1S/C4H10O.CH2O3.Ca/c1-2-3-4-5;2-1(3)4;/h5H,2-4H2,1H3;(H2,2,3,4);/q;;+2/p-2. The summed E-state index contributed by atoms with van der Waals surface area (Å²) in [5, 5.41) is 24.7. The summed E-state index contributed by atoms with van der Waals surface area (Å²) in [7, 11) is 0. The molecule has 0 aromatic heterocycles. The van der Waals surface area contributed by atoms with E-state index in [4.69, 9.17) is 20.1 Å². The van der Waals surface area contributed by atoms with Gasteiger partial charge in [-0.2, -0.15) is 0 Å². The molecule has 10 heavy (non-hydrogen) atoms. The van der Waals surface area contributed by atoms with Crippen molar-refractivity contribution in [3.05, 3.63) is 0 Å². The van der Waals surface area contributed by atoms with E-state index in [1.54, 1.807) is 0 Å². The first-order valence-corrected chi connectivity index (χ1v) is 2.64. The number of hydrogen-bond donors (Lipinski definition) is 1. The number of aliphatic hydroxyl groups is 1. The molecule has 0 saturated heterocycles. The van der Waals surface area contributed by atoms with Gasteiger partial charge in [0.25, 0.3) is 0 Å². The van der Waals surface area contributed by atoms with Crippen molar-refractivity contribution in [3.8, 4) is 0 Å². The van der Waals surface area contributed by atoms with Gasteiger partial charge in [-0.25, -0.2) is 0 Å². The van der Waals surface area contributed by atoms with E-state index in [9.17, 15) is 0 Å². The Balaban J connectivity index is -0.0000000910. The Kier molecular flexibility index (Phi) is 27.3. The van der Waals surface area contributed by atoms with Gasteiger partial charge in [0.2, 0.25) is 0 Å². The molecule has 0 aliphatic heterocycles. The molecular formula is C5H10CaO4. The van der Waals surface area contributed by atoms with E-state index < -0.39 is 6.16 Å². The van der Waals surface area contributed by atoms with E-state index in [-0.39, 0.29) is 37.7 Å². The fraction of sp³-hybridized carbons (Fsp3) is 0.800. The second-order valence-electron chi connectivity index (χ2n) is 1.33. The van der Waals surface area contributed by atoms with E-state index in [0.29, 0.717) is 6.61 Å². The van der Waals surface area contributed by atoms with E-state index in [1.165, 1.54) is 0 Å². The normalized spacial score (nSPS) is 6.60. The minimum Gasteiger partial charge on any atom is -0.652 e. The van der Waals surface area contributed by atoms with Crippen molar-refractivity contribution >= 4 is 43.9 Å². The molecule has 0 heterocycles. The van der Waals surface area contributed by atoms with Crippen molar-refractivity contribution in [2.45, 2.75) is 19.8 Å². The number of hydrogen-bond acceptors (Lipinski definition) is 4. The zero-order chi connectivity index (χ0) is 7.70. The van der Waals surface area contributed by atoms with Crippen LogP contribution in [0.15, 0.2) is 0 Å². The van der Waals surface area contributed by atoms with Crippen LogP contribution < -0.4 is 10.2 Å². The molecule has 0 aromatic rings. The molecule has 0 saturated carbocycles. The number of carboxylic acid groups (broad SMARTS) is 2. The van der Waals surface area contributed by atoms with E-state index in [2.05, 4.69) is 6.92 Å². The summed E-state index contributed by atoms with van der Waals surface area (Å²) in [5.41, 5.74) is 0. The van der Waals surface area contributed by atoms with Crippen LogP contribution >= 0.6 is 0 Å². The van der Waals surface area contributed by atoms with Crippen molar-refractivity contribution in [1.82, 2.24) is 0 Å². The molecule has 5 heteroatoms. The molecule has 0 rings (SSSR count). The Morgan fingerprint density at radius 3 is 1.80 bits per heavy atom. The molecule has 0 spiro atoms. The second kappa shape index (κ2) is 16.2. The van der Waals surface area contributed by atoms with Crippen LogP contribution in [0.25, 0.3) is 0 Å². The molecule has 0 unspecified atom stereocenters. The summed E-state index contributed by atoms with van der Waals surface area (Å²) < 4.78 is 0. The minimum absolute atomic E-state index is 0. The molecule has 56 valence electrons. The van der Waals surface area contributed by atoms with Crippen LogP contribution in [0.4, 0.5) is 4.79 Å². The summed E-state index contributed by atoms with van der Waals surface area (Å²) in [6, 6.07) is 0. The monoisotopic (exact) mass is 174 g/mol. The van der Waals surface area contributed by atoms with Gasteiger partial charge in [0.05, 0.1) is 0 Å². The van der Waals surface area contributed by atoms with Gasteiger partial charge in [-0.15, -0.1) is 0 Å². The number of carbonyl (C=O) groups excluding carboxylic acids is 1. The summed E-state index contributed by atoms with van der Waals surface area (Å²) in [4.78, 5) is 8.33. The summed E-state index contributed by atoms with van der Waals surface area (Å²) >= 11 is 0. The number of aliphatic hydroxyl groups excluding tert-OH is 1. The maximum absolute atomic E-state index is 8.33. The molecule has 0 aromatic carbocycles. The largest absolute Gasteiger partial charge is 2.00 e. The molecule has 0 bridgehead atoms. The van der Waals surface area contributed by atoms with Gasteiger partial charge >= 0.3 is 37.7 Å². The Bertz CT molecular complexity index is 60.7. The first-order valence-electron chi connectivity index (χ1n) is 2.64. The maximum Gasteiger partial charge on any atom is 2.00 e. The second-order valence-corrected chi connectivity index (χ2v) is 1.33. The predicted molar refractivity (Wildman–Crippen MR) is 33.1 cm³/mol. The van der Waals surface area contributed by atoms with Gasteiger partial charge in [-0.05, 0) is 12.6 Å². The third-order valence-electron chi connectivity index (χ3n) is 0.512. The van der Waals surface area contributed by atoms with Gasteiger partial charge in [0.15, 0.2) is 0 Å². The molecule has 1 N–H and O–H groups in total. The zero-order valence-corrected chi connectivity index (χ0v) is 8.21. The first kappa shape index (κ1) is 16.8. The van der Waals surface area contributed by atoms with Crippen molar-refractivity contribution in [3.63, 3.8) is 0 Å². The molecular weight excluding hydrogens is 164 g/mol. The smallest absolute Gasteiger partial charge is 0.652 e. The molecule has 0 aliphatic carbocycles. The predicted octanol–water partition coefficient (Wildman–Crippen LogP) is -2.05. The first-order chi connectivity index (χ1) is 4.15. The van der Waals surface area contributed by atoms with Crippen molar-refractivity contribution < 1.29 is 20.1 Å². The van der Waals surface area contributed by atoms with Crippen LogP contribution in [-0.4, -0.2) is 55.6 Å². The number of unbranched alkanes of at least 4 members (excludes halogenated alkanes) is 1. The Morgan fingerprint density at radius 1 is 1.50 bits per heavy atom. The Labute approximate surface area is 89.9 Å². The number of carbonyl (C=O) groups is 1. The van der Waals surface area contributed by atoms with Crippen LogP contribution in [-0.2, 0) is 0 Å². The Hall–Kier alpha value is 0.490. The van der Waals surface area contributed by atoms with Crippen LogP contribution in [0, 0.1) is 0 Å². The third kappa shape index (κ3) is 76.8. The fourth-order valence-corrected chi connectivity index (χ4v) is 0.158. The molecule has 0 radical (unpaired) electrons. The van der Waals surface area contributed by atoms with Crippen molar-refractivity contribution in [2.24, 2.45) is 0 Å². The van der Waals surface area contributed by atoms with Gasteiger partial charge < -0.3 is 20.1 Å². The van der Waals surface area contributed by atoms with E-state index in [1.807, 2.05) is 0 Å². The van der Waals surface area contributed by atoms with E-state index in [0.717, 1.165) is 12.8 Å². The van der Waals surface area contributed by atoms with Crippen molar-refractivity contribution in [1.29, 1.82) is 0 Å². The topological polar surface area (TPSA) is 83.4 Å². The number of rotatable bonds is 2. The summed E-state index contributed by atoms with van der Waals surface area (Å²) in [6.07, 6.45) is -0.295. The van der Waals surface area contributed by atoms with Gasteiger partial charge in [0.1, 0.15) is 0 Å². The van der Waals surface area contributed by atoms with Crippen molar-refractivity contribution in [2.75, 3.05) is 6.61 Å². The van der Waals surface area contributed by atoms with Crippen LogP contribution in [0.2, 0.25) is 0 Å². The minimum atomic E-state index is -2.33. The molecule has 0 atom stereocenters. The average molecular weight is 174 g/mol. The average Bonchev–Trinajstić information content (AvgIpc) is 1.66. The third-order valence-corrected chi connectivity index (χ3v) is 0.512. The molecule has 4 nitrogen and oxygen atoms in total. The summed E-state index contributed by atoms with van der Waals surface area (Å²) in [5.74, 6) is 0.